The van der Waals surface area contributed by atoms with E-state index in [1.807, 2.05) is 6.92 Å². The van der Waals surface area contributed by atoms with Gasteiger partial charge in [-0.2, -0.15) is 0 Å². The number of nitrogens with one attached hydrogen (secondary N) is 2. The first-order valence-electron chi connectivity index (χ1n) is 10.7. The Hall–Kier alpha value is -4.16. The molecule has 10 nitrogen and oxygen atoms in total. The van der Waals surface area contributed by atoms with Crippen molar-refractivity contribution in [3.8, 4) is 16.9 Å². The average molecular weight is 546 g/mol. The van der Waals surface area contributed by atoms with Crippen LogP contribution in [-0.4, -0.2) is 38.7 Å². The van der Waals surface area contributed by atoms with Crippen LogP contribution in [0.4, 0.5) is 26.5 Å². The fraction of sp³-hybridized carbons (Fsp3) is 0.125. The van der Waals surface area contributed by atoms with E-state index in [-0.39, 0.29) is 33.5 Å². The van der Waals surface area contributed by atoms with Gasteiger partial charge in [0.25, 0.3) is 10.0 Å². The van der Waals surface area contributed by atoms with E-state index >= 15 is 4.39 Å². The van der Waals surface area contributed by atoms with Gasteiger partial charge in [-0.1, -0.05) is 22.8 Å². The molecule has 0 saturated heterocycles. The van der Waals surface area contributed by atoms with Gasteiger partial charge in [0.1, 0.15) is 28.5 Å². The molecule has 0 unspecified atom stereocenters. The number of methoxy groups -OCH3 is 1. The predicted octanol–water partition coefficient (Wildman–Crippen LogP) is 5.12. The molecular weight excluding hydrogens is 525 g/mol. The lowest BCUT2D eigenvalue weighted by atomic mass is 10.0. The third kappa shape index (κ3) is 5.49. The van der Waals surface area contributed by atoms with Crippen LogP contribution in [0.15, 0.2) is 70.4 Å². The van der Waals surface area contributed by atoms with Gasteiger partial charge >= 0.3 is 6.03 Å². The van der Waals surface area contributed by atoms with Gasteiger partial charge in [0.15, 0.2) is 5.82 Å². The number of nitrogens with zero attached hydrogens (tertiary/aromatic N) is 3. The molecule has 4 aromatic rings. The molecule has 2 aromatic heterocycles. The summed E-state index contributed by atoms with van der Waals surface area (Å²) < 4.78 is 52.9. The van der Waals surface area contributed by atoms with Gasteiger partial charge in [0.2, 0.25) is 0 Å². The van der Waals surface area contributed by atoms with Crippen molar-refractivity contribution in [3.05, 3.63) is 77.4 Å². The highest BCUT2D eigenvalue weighted by molar-refractivity contribution is 7.92. The normalized spacial score (nSPS) is 11.2. The van der Waals surface area contributed by atoms with Crippen LogP contribution in [0.5, 0.6) is 5.75 Å². The number of aromatic nitrogens is 2. The van der Waals surface area contributed by atoms with Crippen molar-refractivity contribution in [2.24, 2.45) is 0 Å². The quantitative estimate of drug-likeness (QED) is 0.330. The minimum Gasteiger partial charge on any atom is -0.495 e. The minimum atomic E-state index is -4.03. The Morgan fingerprint density at radius 3 is 2.54 bits per heavy atom. The summed E-state index contributed by atoms with van der Waals surface area (Å²) >= 11 is 6.15. The third-order valence-electron chi connectivity index (χ3n) is 5.22. The van der Waals surface area contributed by atoms with E-state index in [0.717, 1.165) is 22.7 Å². The fourth-order valence-electron chi connectivity index (χ4n) is 3.57. The number of benzene rings is 2. The smallest absolute Gasteiger partial charge is 0.327 e. The molecule has 0 spiro atoms. The first-order valence-corrected chi connectivity index (χ1v) is 12.5. The summed E-state index contributed by atoms with van der Waals surface area (Å²) in [5, 5.41) is 6.43. The molecule has 0 saturated carbocycles. The zero-order valence-electron chi connectivity index (χ0n) is 19.8. The van der Waals surface area contributed by atoms with E-state index in [9.17, 15) is 13.2 Å². The molecule has 0 aliphatic heterocycles. The van der Waals surface area contributed by atoms with Gasteiger partial charge < -0.3 is 14.6 Å². The highest BCUT2D eigenvalue weighted by Crippen LogP contribution is 2.39. The molecule has 0 bridgehead atoms. The molecule has 0 aliphatic carbocycles. The first-order chi connectivity index (χ1) is 17.6. The van der Waals surface area contributed by atoms with Gasteiger partial charge in [0.05, 0.1) is 12.8 Å². The summed E-state index contributed by atoms with van der Waals surface area (Å²) in [5.74, 6) is -0.457. The number of carbonyl (C=O) groups is 1. The number of aryl methyl sites for hydroxylation is 1. The lowest BCUT2D eigenvalue weighted by molar-refractivity contribution is 0.250. The Morgan fingerprint density at radius 1 is 1.16 bits per heavy atom. The zero-order chi connectivity index (χ0) is 26.7. The molecule has 0 aliphatic rings. The van der Waals surface area contributed by atoms with Crippen molar-refractivity contribution >= 4 is 45.0 Å². The number of carbonyl (C=O) groups excluding carboxylic acids is 1. The Labute approximate surface area is 217 Å². The van der Waals surface area contributed by atoms with E-state index in [0.29, 0.717) is 10.6 Å². The number of sulfonamides is 1. The summed E-state index contributed by atoms with van der Waals surface area (Å²) in [4.78, 5) is 17.9. The van der Waals surface area contributed by atoms with E-state index in [1.54, 1.807) is 18.2 Å². The van der Waals surface area contributed by atoms with E-state index in [4.69, 9.17) is 16.3 Å². The van der Waals surface area contributed by atoms with Crippen LogP contribution in [0.25, 0.3) is 11.1 Å². The summed E-state index contributed by atoms with van der Waals surface area (Å²) in [6, 6.07) is 11.0. The Balaban J connectivity index is 1.75. The number of hydrogen-bond donors (Lipinski definition) is 2. The number of urea groups is 1. The summed E-state index contributed by atoms with van der Waals surface area (Å²) in [7, 11) is -1.26. The SMILES string of the molecule is CNC(=O)N(c1ccc(S(=O)(=O)Nc2ccon2)cn1)c1cc(F)c(-c2cc(C)cc(Cl)c2)cc1OC. The second kappa shape index (κ2) is 10.4. The maximum Gasteiger partial charge on any atom is 0.327 e. The number of halogens is 2. The van der Waals surface area contributed by atoms with Gasteiger partial charge in [-0.15, -0.1) is 0 Å². The standard InChI is InChI=1S/C24H21ClFN5O5S/c1-14-8-15(10-16(25)9-14)18-11-21(35-3)20(12-19(18)26)31(24(32)27-2)23-5-4-17(13-28-23)37(33,34)30-22-6-7-36-29-22/h4-13H,1-3H3,(H,27,32)(H,29,30). The summed E-state index contributed by atoms with van der Waals surface area (Å²) in [5.41, 5.74) is 1.64. The molecule has 37 heavy (non-hydrogen) atoms. The monoisotopic (exact) mass is 545 g/mol. The highest BCUT2D eigenvalue weighted by Gasteiger charge is 2.25. The molecule has 2 amide bonds. The fourth-order valence-corrected chi connectivity index (χ4v) is 4.80. The van der Waals surface area contributed by atoms with E-state index in [1.165, 1.54) is 44.7 Å². The average Bonchev–Trinajstić information content (AvgIpc) is 3.36. The second-order valence-corrected chi connectivity index (χ2v) is 9.87. The number of ether oxygens (including phenoxy) is 1. The molecule has 2 aromatic carbocycles. The molecule has 4 rings (SSSR count). The van der Waals surface area contributed by atoms with Gasteiger partial charge in [0, 0.05) is 36.0 Å². The van der Waals surface area contributed by atoms with Crippen LogP contribution in [0.1, 0.15) is 5.56 Å². The first kappa shape index (κ1) is 25.9. The number of hydrogen-bond acceptors (Lipinski definition) is 7. The highest BCUT2D eigenvalue weighted by atomic mass is 35.5. The van der Waals surface area contributed by atoms with Crippen molar-refractivity contribution in [3.63, 3.8) is 0 Å². The van der Waals surface area contributed by atoms with Gasteiger partial charge in [-0.05, 0) is 48.4 Å². The molecule has 2 heterocycles. The topological polar surface area (TPSA) is 127 Å². The number of amides is 2. The maximum absolute atomic E-state index is 15.4. The molecule has 0 fully saturated rings. The largest absolute Gasteiger partial charge is 0.495 e. The van der Waals surface area contributed by atoms with Crippen LogP contribution < -0.4 is 19.7 Å². The van der Waals surface area contributed by atoms with Gasteiger partial charge in [-0.3, -0.25) is 4.72 Å². The Bertz CT molecular complexity index is 1530. The van der Waals surface area contributed by atoms with Gasteiger partial charge in [-0.25, -0.2) is 27.5 Å². The zero-order valence-corrected chi connectivity index (χ0v) is 21.4. The minimum absolute atomic E-state index is 0.00809. The van der Waals surface area contributed by atoms with Crippen molar-refractivity contribution < 1.29 is 26.9 Å². The molecule has 192 valence electrons. The van der Waals surface area contributed by atoms with E-state index < -0.39 is 21.9 Å². The molecule has 0 radical (unpaired) electrons. The molecule has 0 atom stereocenters. The summed E-state index contributed by atoms with van der Waals surface area (Å²) in [6.45, 7) is 1.84. The summed E-state index contributed by atoms with van der Waals surface area (Å²) in [6.07, 6.45) is 2.27. The maximum atomic E-state index is 15.4. The lowest BCUT2D eigenvalue weighted by Gasteiger charge is -2.24. The number of pyridine rings is 1. The van der Waals surface area contributed by atoms with Crippen LogP contribution >= 0.6 is 11.6 Å². The third-order valence-corrected chi connectivity index (χ3v) is 6.77. The number of rotatable bonds is 7. The van der Waals surface area contributed by atoms with Crippen LogP contribution in [0.3, 0.4) is 0 Å². The lowest BCUT2D eigenvalue weighted by Crippen LogP contribution is -2.35. The Morgan fingerprint density at radius 2 is 1.95 bits per heavy atom. The van der Waals surface area contributed by atoms with Crippen molar-refractivity contribution in [1.82, 2.24) is 15.5 Å². The molecule has 13 heteroatoms. The predicted molar refractivity (Wildman–Crippen MR) is 136 cm³/mol. The second-order valence-electron chi connectivity index (χ2n) is 7.75. The van der Waals surface area contributed by atoms with E-state index in [2.05, 4.69) is 24.7 Å². The van der Waals surface area contributed by atoms with Crippen LogP contribution in [0.2, 0.25) is 5.02 Å². The molecular formula is C24H21ClFN5O5S. The number of anilines is 3. The van der Waals surface area contributed by atoms with Crippen molar-refractivity contribution in [1.29, 1.82) is 0 Å². The van der Waals surface area contributed by atoms with Crippen LogP contribution in [0, 0.1) is 12.7 Å². The Kier molecular flexibility index (Phi) is 7.32. The van der Waals surface area contributed by atoms with Crippen LogP contribution in [-0.2, 0) is 10.0 Å². The van der Waals surface area contributed by atoms with Crippen molar-refractivity contribution in [2.75, 3.05) is 23.8 Å². The van der Waals surface area contributed by atoms with Crippen molar-refractivity contribution in [2.45, 2.75) is 11.8 Å². The molecule has 2 N–H and O–H groups in total.